The number of rotatable bonds is 6. The molecule has 3 nitrogen and oxygen atoms in total. The second-order valence-electron chi connectivity index (χ2n) is 5.87. The van der Waals surface area contributed by atoms with Gasteiger partial charge in [-0.25, -0.2) is 0 Å². The Morgan fingerprint density at radius 2 is 2.09 bits per heavy atom. The fraction of sp³-hybridized carbons (Fsp3) is 0.625. The Kier molecular flexibility index (Phi) is 5.47. The molecule has 1 aromatic carbocycles. The fourth-order valence-electron chi connectivity index (χ4n) is 2.97. The zero-order chi connectivity index (χ0) is 16.3. The molecular weight excluding hydrogens is 293 g/mol. The first-order valence-electron chi connectivity index (χ1n) is 7.59. The average molecular weight is 316 g/mol. The molecule has 2 N–H and O–H groups in total. The molecule has 0 spiro atoms. The summed E-state index contributed by atoms with van der Waals surface area (Å²) in [4.78, 5) is 2.02. The molecule has 0 aliphatic carbocycles. The van der Waals surface area contributed by atoms with Crippen molar-refractivity contribution in [2.45, 2.75) is 45.1 Å². The minimum Gasteiger partial charge on any atom is -0.379 e. The lowest BCUT2D eigenvalue weighted by Gasteiger charge is -2.23. The molecule has 1 heterocycles. The van der Waals surface area contributed by atoms with Crippen molar-refractivity contribution >= 4 is 0 Å². The molecule has 22 heavy (non-hydrogen) atoms. The molecule has 0 fully saturated rings. The Morgan fingerprint density at radius 1 is 1.36 bits per heavy atom. The van der Waals surface area contributed by atoms with E-state index >= 15 is 0 Å². The van der Waals surface area contributed by atoms with Crippen LogP contribution < -0.4 is 5.73 Å². The molecule has 0 radical (unpaired) electrons. The Balaban J connectivity index is 2.10. The van der Waals surface area contributed by atoms with E-state index < -0.39 is 11.7 Å². The van der Waals surface area contributed by atoms with Crippen molar-refractivity contribution in [3.05, 3.63) is 34.9 Å². The minimum absolute atomic E-state index is 0.142. The summed E-state index contributed by atoms with van der Waals surface area (Å²) in [6.07, 6.45) is -3.37. The molecule has 0 amide bonds. The molecule has 0 bridgehead atoms. The Labute approximate surface area is 129 Å². The van der Waals surface area contributed by atoms with Crippen LogP contribution in [-0.4, -0.2) is 30.7 Å². The lowest BCUT2D eigenvalue weighted by molar-refractivity contribution is -0.138. The maximum atomic E-state index is 13.1. The van der Waals surface area contributed by atoms with Gasteiger partial charge in [0, 0.05) is 32.3 Å². The van der Waals surface area contributed by atoms with Crippen molar-refractivity contribution in [3.8, 4) is 0 Å². The lowest BCUT2D eigenvalue weighted by Crippen LogP contribution is -2.29. The molecule has 6 heteroatoms. The molecule has 1 unspecified atom stereocenters. The topological polar surface area (TPSA) is 38.5 Å². The molecule has 2 rings (SSSR count). The minimum atomic E-state index is -4.32. The zero-order valence-corrected chi connectivity index (χ0v) is 13.0. The summed E-state index contributed by atoms with van der Waals surface area (Å²) in [6, 6.07) is 4.23. The van der Waals surface area contributed by atoms with Crippen LogP contribution in [0.5, 0.6) is 0 Å². The van der Waals surface area contributed by atoms with Gasteiger partial charge in [0.25, 0.3) is 0 Å². The SMILES string of the molecule is CC(C)OCCCN1Cc2c(cccc2C(F)(F)F)C1CN. The van der Waals surface area contributed by atoms with Gasteiger partial charge in [-0.05, 0) is 37.5 Å². The van der Waals surface area contributed by atoms with Gasteiger partial charge in [0.2, 0.25) is 0 Å². The van der Waals surface area contributed by atoms with Crippen molar-refractivity contribution in [1.82, 2.24) is 4.90 Å². The van der Waals surface area contributed by atoms with Crippen LogP contribution in [0.1, 0.15) is 43.0 Å². The quantitative estimate of drug-likeness (QED) is 0.818. The van der Waals surface area contributed by atoms with Crippen molar-refractivity contribution in [2.75, 3.05) is 19.7 Å². The second-order valence-corrected chi connectivity index (χ2v) is 5.87. The molecule has 0 aromatic heterocycles. The van der Waals surface area contributed by atoms with Gasteiger partial charge in [-0.1, -0.05) is 12.1 Å². The number of ether oxygens (including phenoxy) is 1. The van der Waals surface area contributed by atoms with Gasteiger partial charge >= 0.3 is 6.18 Å². The van der Waals surface area contributed by atoms with Crippen LogP contribution in [-0.2, 0) is 17.5 Å². The van der Waals surface area contributed by atoms with Crippen LogP contribution in [0.15, 0.2) is 18.2 Å². The largest absolute Gasteiger partial charge is 0.416 e. The first kappa shape index (κ1) is 17.2. The van der Waals surface area contributed by atoms with E-state index in [2.05, 4.69) is 0 Å². The highest BCUT2D eigenvalue weighted by Gasteiger charge is 2.39. The predicted octanol–water partition coefficient (Wildman–Crippen LogP) is 3.34. The highest BCUT2D eigenvalue weighted by atomic mass is 19.4. The van der Waals surface area contributed by atoms with Gasteiger partial charge in [-0.15, -0.1) is 0 Å². The summed E-state index contributed by atoms with van der Waals surface area (Å²) >= 11 is 0. The Hall–Kier alpha value is -1.11. The van der Waals surface area contributed by atoms with E-state index in [9.17, 15) is 13.2 Å². The molecular formula is C16H23F3N2O. The van der Waals surface area contributed by atoms with Gasteiger partial charge in [0.05, 0.1) is 11.7 Å². The third-order valence-corrected chi connectivity index (χ3v) is 3.94. The Bertz CT molecular complexity index is 503. The number of benzene rings is 1. The Morgan fingerprint density at radius 3 is 2.68 bits per heavy atom. The van der Waals surface area contributed by atoms with E-state index in [1.807, 2.05) is 18.7 Å². The van der Waals surface area contributed by atoms with Gasteiger partial charge in [0.1, 0.15) is 0 Å². The molecule has 1 aliphatic heterocycles. The predicted molar refractivity (Wildman–Crippen MR) is 79.4 cm³/mol. The van der Waals surface area contributed by atoms with Crippen molar-refractivity contribution in [3.63, 3.8) is 0 Å². The molecule has 0 saturated carbocycles. The van der Waals surface area contributed by atoms with E-state index in [4.69, 9.17) is 10.5 Å². The van der Waals surface area contributed by atoms with E-state index in [1.165, 1.54) is 6.07 Å². The second kappa shape index (κ2) is 6.98. The summed E-state index contributed by atoms with van der Waals surface area (Å²) in [5, 5.41) is 0. The molecule has 124 valence electrons. The number of nitrogens with two attached hydrogens (primary N) is 1. The summed E-state index contributed by atoms with van der Waals surface area (Å²) in [5.41, 5.74) is 6.34. The van der Waals surface area contributed by atoms with Crippen LogP contribution in [0.2, 0.25) is 0 Å². The first-order chi connectivity index (χ1) is 10.3. The van der Waals surface area contributed by atoms with Gasteiger partial charge in [-0.3, -0.25) is 4.90 Å². The summed E-state index contributed by atoms with van der Waals surface area (Å²) in [7, 11) is 0. The standard InChI is InChI=1S/C16H23F3N2O/c1-11(2)22-8-4-7-21-10-13-12(15(21)9-20)5-3-6-14(13)16(17,18)19/h3,5-6,11,15H,4,7-10,20H2,1-2H3. The molecule has 1 atom stereocenters. The highest BCUT2D eigenvalue weighted by Crippen LogP contribution is 2.41. The number of hydrogen-bond donors (Lipinski definition) is 1. The van der Waals surface area contributed by atoms with E-state index in [1.54, 1.807) is 6.07 Å². The zero-order valence-electron chi connectivity index (χ0n) is 13.0. The maximum absolute atomic E-state index is 13.1. The van der Waals surface area contributed by atoms with Crippen molar-refractivity contribution in [2.24, 2.45) is 5.73 Å². The summed E-state index contributed by atoms with van der Waals surface area (Å²) in [5.74, 6) is 0. The van der Waals surface area contributed by atoms with E-state index in [0.717, 1.165) is 12.5 Å². The number of halogens is 3. The van der Waals surface area contributed by atoms with Crippen LogP contribution >= 0.6 is 0 Å². The van der Waals surface area contributed by atoms with Gasteiger partial charge in [0.15, 0.2) is 0 Å². The number of alkyl halides is 3. The van der Waals surface area contributed by atoms with Crippen LogP contribution in [0.25, 0.3) is 0 Å². The first-order valence-corrected chi connectivity index (χ1v) is 7.59. The number of hydrogen-bond acceptors (Lipinski definition) is 3. The normalized spacial score (nSPS) is 19.0. The maximum Gasteiger partial charge on any atom is 0.416 e. The fourth-order valence-corrected chi connectivity index (χ4v) is 2.97. The number of fused-ring (bicyclic) bond motifs is 1. The van der Waals surface area contributed by atoms with Gasteiger partial charge < -0.3 is 10.5 Å². The van der Waals surface area contributed by atoms with Crippen LogP contribution in [0.4, 0.5) is 13.2 Å². The van der Waals surface area contributed by atoms with Crippen molar-refractivity contribution < 1.29 is 17.9 Å². The van der Waals surface area contributed by atoms with Gasteiger partial charge in [-0.2, -0.15) is 13.2 Å². The molecule has 1 aliphatic rings. The summed E-state index contributed by atoms with van der Waals surface area (Å²) in [6.45, 7) is 5.83. The monoisotopic (exact) mass is 316 g/mol. The molecule has 1 aromatic rings. The molecule has 0 saturated heterocycles. The van der Waals surface area contributed by atoms with E-state index in [-0.39, 0.29) is 12.1 Å². The number of nitrogens with zero attached hydrogens (tertiary/aromatic N) is 1. The highest BCUT2D eigenvalue weighted by molar-refractivity contribution is 5.42. The lowest BCUT2D eigenvalue weighted by atomic mass is 9.99. The third-order valence-electron chi connectivity index (χ3n) is 3.94. The third kappa shape index (κ3) is 3.80. The smallest absolute Gasteiger partial charge is 0.379 e. The average Bonchev–Trinajstić information content (AvgIpc) is 2.79. The van der Waals surface area contributed by atoms with Crippen LogP contribution in [0, 0.1) is 0 Å². The van der Waals surface area contributed by atoms with Crippen molar-refractivity contribution in [1.29, 1.82) is 0 Å². The summed E-state index contributed by atoms with van der Waals surface area (Å²) < 4.78 is 44.9. The van der Waals surface area contributed by atoms with Crippen LogP contribution in [0.3, 0.4) is 0 Å². The van der Waals surface area contributed by atoms with E-state index in [0.29, 0.717) is 37.4 Å².